The second-order valence-electron chi connectivity index (χ2n) is 4.73. The first kappa shape index (κ1) is 10.7. The van der Waals surface area contributed by atoms with Crippen molar-refractivity contribution in [3.05, 3.63) is 35.4 Å². The largest absolute Gasteiger partial charge is 0.328 e. The van der Waals surface area contributed by atoms with Crippen LogP contribution in [0, 0.1) is 6.92 Å². The van der Waals surface area contributed by atoms with E-state index in [0.717, 1.165) is 12.8 Å². The minimum absolute atomic E-state index is 0.424. The molecule has 0 heterocycles. The van der Waals surface area contributed by atoms with Gasteiger partial charge in [-0.25, -0.2) is 0 Å². The van der Waals surface area contributed by atoms with Crippen molar-refractivity contribution in [2.75, 3.05) is 0 Å². The predicted molar refractivity (Wildman–Crippen MR) is 63.7 cm³/mol. The molecule has 1 saturated carbocycles. The van der Waals surface area contributed by atoms with Gasteiger partial charge in [0.15, 0.2) is 0 Å². The van der Waals surface area contributed by atoms with Crippen molar-refractivity contribution >= 4 is 0 Å². The van der Waals surface area contributed by atoms with Crippen molar-refractivity contribution in [1.82, 2.24) is 5.32 Å². The van der Waals surface area contributed by atoms with Crippen molar-refractivity contribution in [2.45, 2.75) is 44.8 Å². The van der Waals surface area contributed by atoms with Crippen molar-refractivity contribution in [2.24, 2.45) is 5.73 Å². The van der Waals surface area contributed by atoms with Gasteiger partial charge in [0.25, 0.3) is 0 Å². The molecule has 2 rings (SSSR count). The zero-order valence-electron chi connectivity index (χ0n) is 9.53. The Morgan fingerprint density at radius 3 is 2.40 bits per heavy atom. The molecule has 2 nitrogen and oxygen atoms in total. The minimum atomic E-state index is 0.424. The molecular formula is C13H20N2. The second-order valence-corrected chi connectivity index (χ2v) is 4.73. The van der Waals surface area contributed by atoms with Gasteiger partial charge in [0.2, 0.25) is 0 Å². The Balaban J connectivity index is 1.90. The molecule has 82 valence electrons. The number of rotatable bonds is 3. The molecule has 0 aromatic heterocycles. The summed E-state index contributed by atoms with van der Waals surface area (Å²) in [6.45, 7) is 4.33. The van der Waals surface area contributed by atoms with E-state index in [1.54, 1.807) is 0 Å². The first-order valence-electron chi connectivity index (χ1n) is 5.73. The van der Waals surface area contributed by atoms with Crippen LogP contribution in [0.25, 0.3) is 0 Å². The number of nitrogens with one attached hydrogen (secondary N) is 1. The lowest BCUT2D eigenvalue weighted by molar-refractivity contribution is 0.272. The van der Waals surface area contributed by atoms with E-state index in [1.807, 2.05) is 0 Å². The molecule has 1 aliphatic carbocycles. The normalized spacial score (nSPS) is 27.1. The van der Waals surface area contributed by atoms with E-state index in [-0.39, 0.29) is 0 Å². The molecule has 1 unspecified atom stereocenters. The highest BCUT2D eigenvalue weighted by molar-refractivity contribution is 5.23. The molecule has 0 amide bonds. The standard InChI is InChI=1S/C13H20N2/c1-9-3-5-11(6-4-9)10(2)15-13-7-12(14)8-13/h3-6,10,12-13,15H,7-8,14H2,1-2H3. The maximum Gasteiger partial charge on any atom is 0.0294 e. The fourth-order valence-electron chi connectivity index (χ4n) is 2.10. The molecule has 3 N–H and O–H groups in total. The maximum atomic E-state index is 5.76. The van der Waals surface area contributed by atoms with Crippen LogP contribution in [0.4, 0.5) is 0 Å². The van der Waals surface area contributed by atoms with Crippen LogP contribution in [-0.2, 0) is 0 Å². The Morgan fingerprint density at radius 2 is 1.87 bits per heavy atom. The summed E-state index contributed by atoms with van der Waals surface area (Å²) >= 11 is 0. The summed E-state index contributed by atoms with van der Waals surface area (Å²) in [6.07, 6.45) is 2.24. The van der Waals surface area contributed by atoms with Crippen molar-refractivity contribution < 1.29 is 0 Å². The minimum Gasteiger partial charge on any atom is -0.328 e. The van der Waals surface area contributed by atoms with E-state index >= 15 is 0 Å². The predicted octanol–water partition coefficient (Wildman–Crippen LogP) is 2.14. The molecule has 0 spiro atoms. The molecule has 1 atom stereocenters. The molecule has 1 fully saturated rings. The Kier molecular flexibility index (Phi) is 3.08. The zero-order valence-corrected chi connectivity index (χ0v) is 9.53. The van der Waals surface area contributed by atoms with E-state index < -0.39 is 0 Å². The molecule has 0 bridgehead atoms. The average molecular weight is 204 g/mol. The second kappa shape index (κ2) is 4.33. The third-order valence-electron chi connectivity index (χ3n) is 3.24. The summed E-state index contributed by atoms with van der Waals surface area (Å²) in [5.41, 5.74) is 8.44. The third-order valence-corrected chi connectivity index (χ3v) is 3.24. The highest BCUT2D eigenvalue weighted by atomic mass is 15.0. The summed E-state index contributed by atoms with van der Waals surface area (Å²) in [6, 6.07) is 10.2. The number of nitrogens with two attached hydrogens (primary N) is 1. The molecule has 0 radical (unpaired) electrons. The number of benzene rings is 1. The molecule has 1 aliphatic rings. The van der Waals surface area contributed by atoms with Gasteiger partial charge in [-0.05, 0) is 32.3 Å². The number of hydrogen-bond donors (Lipinski definition) is 2. The monoisotopic (exact) mass is 204 g/mol. The topological polar surface area (TPSA) is 38.0 Å². The molecule has 2 heteroatoms. The summed E-state index contributed by atoms with van der Waals surface area (Å²) in [4.78, 5) is 0. The lowest BCUT2D eigenvalue weighted by Crippen LogP contribution is -2.49. The van der Waals surface area contributed by atoms with Crippen molar-refractivity contribution in [3.63, 3.8) is 0 Å². The van der Waals surface area contributed by atoms with Crippen LogP contribution in [0.5, 0.6) is 0 Å². The van der Waals surface area contributed by atoms with Crippen molar-refractivity contribution in [1.29, 1.82) is 0 Å². The summed E-state index contributed by atoms with van der Waals surface area (Å²) < 4.78 is 0. The Hall–Kier alpha value is -0.860. The molecule has 1 aromatic carbocycles. The average Bonchev–Trinajstić information content (AvgIpc) is 2.16. The number of aryl methyl sites for hydroxylation is 1. The van der Waals surface area contributed by atoms with E-state index in [9.17, 15) is 0 Å². The highest BCUT2D eigenvalue weighted by Crippen LogP contribution is 2.22. The Labute approximate surface area is 91.9 Å². The van der Waals surface area contributed by atoms with E-state index in [0.29, 0.717) is 18.1 Å². The maximum absolute atomic E-state index is 5.76. The van der Waals surface area contributed by atoms with Gasteiger partial charge in [-0.3, -0.25) is 0 Å². The SMILES string of the molecule is Cc1ccc(C(C)NC2CC(N)C2)cc1. The third kappa shape index (κ3) is 2.58. The summed E-state index contributed by atoms with van der Waals surface area (Å²) in [5, 5.41) is 3.60. The van der Waals surface area contributed by atoms with Crippen LogP contribution < -0.4 is 11.1 Å². The fourth-order valence-corrected chi connectivity index (χ4v) is 2.10. The van der Waals surface area contributed by atoms with Crippen LogP contribution in [0.1, 0.15) is 36.9 Å². The van der Waals surface area contributed by atoms with Crippen LogP contribution in [0.2, 0.25) is 0 Å². The van der Waals surface area contributed by atoms with Gasteiger partial charge in [0.05, 0.1) is 0 Å². The fraction of sp³-hybridized carbons (Fsp3) is 0.538. The molecular weight excluding hydrogens is 184 g/mol. The smallest absolute Gasteiger partial charge is 0.0294 e. The van der Waals surface area contributed by atoms with Gasteiger partial charge >= 0.3 is 0 Å². The van der Waals surface area contributed by atoms with Crippen LogP contribution >= 0.6 is 0 Å². The van der Waals surface area contributed by atoms with Gasteiger partial charge in [0.1, 0.15) is 0 Å². The van der Waals surface area contributed by atoms with E-state index in [1.165, 1.54) is 11.1 Å². The van der Waals surface area contributed by atoms with Crippen LogP contribution in [0.3, 0.4) is 0 Å². The molecule has 0 saturated heterocycles. The Morgan fingerprint density at radius 1 is 1.27 bits per heavy atom. The lowest BCUT2D eigenvalue weighted by atomic mass is 9.87. The van der Waals surface area contributed by atoms with Gasteiger partial charge in [-0.1, -0.05) is 29.8 Å². The summed E-state index contributed by atoms with van der Waals surface area (Å²) in [7, 11) is 0. The first-order valence-corrected chi connectivity index (χ1v) is 5.73. The van der Waals surface area contributed by atoms with Gasteiger partial charge in [0, 0.05) is 18.1 Å². The summed E-state index contributed by atoms with van der Waals surface area (Å²) in [5.74, 6) is 0. The van der Waals surface area contributed by atoms with Gasteiger partial charge in [-0.2, -0.15) is 0 Å². The molecule has 0 aliphatic heterocycles. The molecule has 1 aromatic rings. The lowest BCUT2D eigenvalue weighted by Gasteiger charge is -2.35. The zero-order chi connectivity index (χ0) is 10.8. The van der Waals surface area contributed by atoms with Gasteiger partial charge < -0.3 is 11.1 Å². The van der Waals surface area contributed by atoms with Crippen LogP contribution in [0.15, 0.2) is 24.3 Å². The van der Waals surface area contributed by atoms with E-state index in [2.05, 4.69) is 43.4 Å². The van der Waals surface area contributed by atoms with Gasteiger partial charge in [-0.15, -0.1) is 0 Å². The highest BCUT2D eigenvalue weighted by Gasteiger charge is 2.26. The van der Waals surface area contributed by atoms with Crippen LogP contribution in [-0.4, -0.2) is 12.1 Å². The quantitative estimate of drug-likeness (QED) is 0.791. The van der Waals surface area contributed by atoms with Crippen molar-refractivity contribution in [3.8, 4) is 0 Å². The number of hydrogen-bond acceptors (Lipinski definition) is 2. The Bertz CT molecular complexity index is 312. The molecule has 15 heavy (non-hydrogen) atoms. The van der Waals surface area contributed by atoms with E-state index in [4.69, 9.17) is 5.73 Å². The first-order chi connectivity index (χ1) is 7.15.